The zero-order valence-electron chi connectivity index (χ0n) is 30.3. The summed E-state index contributed by atoms with van der Waals surface area (Å²) in [6.07, 6.45) is 8.06. The van der Waals surface area contributed by atoms with E-state index in [1.54, 1.807) is 11.3 Å². The fourth-order valence-electron chi connectivity index (χ4n) is 7.60. The molecule has 0 bridgehead atoms. The third-order valence-corrected chi connectivity index (χ3v) is 11.9. The number of allylic oxidation sites excluding steroid dienone is 3. The highest BCUT2D eigenvalue weighted by Crippen LogP contribution is 2.39. The summed E-state index contributed by atoms with van der Waals surface area (Å²) in [6, 6.07) is 17.1. The van der Waals surface area contributed by atoms with Crippen LogP contribution >= 0.6 is 11.3 Å². The first-order valence-corrected chi connectivity index (χ1v) is 19.2. The molecular formula is C44H46F4N4S. The van der Waals surface area contributed by atoms with Gasteiger partial charge in [0.25, 0.3) is 0 Å². The van der Waals surface area contributed by atoms with Gasteiger partial charge < -0.3 is 15.1 Å². The van der Waals surface area contributed by atoms with E-state index in [0.29, 0.717) is 11.5 Å². The van der Waals surface area contributed by atoms with Crippen molar-refractivity contribution in [2.75, 3.05) is 31.5 Å². The number of piperidine rings is 1. The summed E-state index contributed by atoms with van der Waals surface area (Å²) in [5.41, 5.74) is 5.83. The molecule has 0 aliphatic carbocycles. The summed E-state index contributed by atoms with van der Waals surface area (Å²) in [5, 5.41) is 16.8. The first-order valence-electron chi connectivity index (χ1n) is 18.3. The Morgan fingerprint density at radius 3 is 2.55 bits per heavy atom. The molecule has 6 rings (SSSR count). The molecule has 4 nitrogen and oxygen atoms in total. The molecule has 0 saturated carbocycles. The second kappa shape index (κ2) is 17.0. The van der Waals surface area contributed by atoms with Crippen molar-refractivity contribution in [3.63, 3.8) is 0 Å². The predicted molar refractivity (Wildman–Crippen MR) is 209 cm³/mol. The number of anilines is 1. The molecule has 276 valence electrons. The van der Waals surface area contributed by atoms with Gasteiger partial charge in [-0.3, -0.25) is 0 Å². The average Bonchev–Trinajstić information content (AvgIpc) is 3.51. The third-order valence-electron chi connectivity index (χ3n) is 10.8. The highest BCUT2D eigenvalue weighted by Gasteiger charge is 2.27. The van der Waals surface area contributed by atoms with Gasteiger partial charge in [-0.05, 0) is 87.1 Å². The normalized spacial score (nSPS) is 16.3. The summed E-state index contributed by atoms with van der Waals surface area (Å²) < 4.78 is 55.3. The summed E-state index contributed by atoms with van der Waals surface area (Å²) in [4.78, 5) is 6.10. The molecule has 0 spiro atoms. The lowest BCUT2D eigenvalue weighted by atomic mass is 9.92. The molecule has 3 heterocycles. The summed E-state index contributed by atoms with van der Waals surface area (Å²) in [6.45, 7) is 19.4. The number of nitrogens with one attached hydrogen (secondary N) is 1. The quantitative estimate of drug-likeness (QED) is 0.0795. The van der Waals surface area contributed by atoms with Gasteiger partial charge in [-0.2, -0.15) is 5.26 Å². The van der Waals surface area contributed by atoms with Gasteiger partial charge in [-0.15, -0.1) is 11.3 Å². The maximum atomic E-state index is 14.1. The van der Waals surface area contributed by atoms with Crippen LogP contribution in [0.3, 0.4) is 0 Å². The van der Waals surface area contributed by atoms with Crippen LogP contribution in [0.1, 0.15) is 72.6 Å². The molecule has 1 N–H and O–H groups in total. The van der Waals surface area contributed by atoms with Gasteiger partial charge in [0.2, 0.25) is 0 Å². The maximum absolute atomic E-state index is 14.1. The minimum absolute atomic E-state index is 0.160. The fourth-order valence-corrected chi connectivity index (χ4v) is 8.84. The number of nitrogens with zero attached hydrogens (tertiary/aromatic N) is 3. The second-order valence-corrected chi connectivity index (χ2v) is 15.4. The van der Waals surface area contributed by atoms with E-state index in [9.17, 15) is 22.8 Å². The Balaban J connectivity index is 0.967. The fraction of sp³-hybridized carbons (Fsp3) is 0.341. The second-order valence-electron chi connectivity index (χ2n) is 14.3. The van der Waals surface area contributed by atoms with Crippen LogP contribution in [0.4, 0.5) is 22.6 Å². The molecule has 1 unspecified atom stereocenters. The van der Waals surface area contributed by atoms with Gasteiger partial charge in [0, 0.05) is 53.1 Å². The van der Waals surface area contributed by atoms with E-state index >= 15 is 0 Å². The lowest BCUT2D eigenvalue weighted by Crippen LogP contribution is -2.37. The van der Waals surface area contributed by atoms with E-state index in [4.69, 9.17) is 0 Å². The van der Waals surface area contributed by atoms with Crippen molar-refractivity contribution >= 4 is 32.8 Å². The third kappa shape index (κ3) is 8.77. The minimum atomic E-state index is -1.39. The number of hydrogen-bond acceptors (Lipinski definition) is 5. The van der Waals surface area contributed by atoms with Crippen molar-refractivity contribution in [2.24, 2.45) is 5.92 Å². The number of rotatable bonds is 14. The molecule has 1 aromatic heterocycles. The molecule has 4 aromatic rings. The van der Waals surface area contributed by atoms with E-state index < -0.39 is 28.8 Å². The Bertz CT molecular complexity index is 2080. The molecule has 1 saturated heterocycles. The van der Waals surface area contributed by atoms with E-state index in [-0.39, 0.29) is 18.9 Å². The van der Waals surface area contributed by atoms with Crippen molar-refractivity contribution in [1.82, 2.24) is 9.80 Å². The summed E-state index contributed by atoms with van der Waals surface area (Å²) >= 11 is 1.64. The van der Waals surface area contributed by atoms with E-state index in [2.05, 4.69) is 71.3 Å². The SMILES string of the molecule is C=C(CCc1c(F)c(F)cc(F)c1F)/C(C)=C/CCC1CCCN(CCC(=C)N2CCc3c(sc(NC(=C)c4cccc5ccccc45)c3C#N)C2)C1. The molecule has 53 heavy (non-hydrogen) atoms. The van der Waals surface area contributed by atoms with E-state index in [0.717, 1.165) is 114 Å². The van der Waals surface area contributed by atoms with Gasteiger partial charge in [0.05, 0.1) is 12.1 Å². The maximum Gasteiger partial charge on any atom is 0.165 e. The van der Waals surface area contributed by atoms with E-state index in [1.807, 2.05) is 25.1 Å². The Morgan fingerprint density at radius 1 is 1.02 bits per heavy atom. The number of thiophene rings is 1. The number of hydrogen-bond donors (Lipinski definition) is 1. The van der Waals surface area contributed by atoms with E-state index in [1.165, 1.54) is 11.3 Å². The van der Waals surface area contributed by atoms with Crippen molar-refractivity contribution in [3.05, 3.63) is 142 Å². The van der Waals surface area contributed by atoms with Gasteiger partial charge in [0.15, 0.2) is 23.3 Å². The van der Waals surface area contributed by atoms with Crippen LogP contribution in [-0.2, 0) is 19.4 Å². The van der Waals surface area contributed by atoms with Gasteiger partial charge in [-0.25, -0.2) is 17.6 Å². The molecule has 9 heteroatoms. The molecule has 1 fully saturated rings. The van der Waals surface area contributed by atoms with Crippen molar-refractivity contribution in [1.29, 1.82) is 5.26 Å². The lowest BCUT2D eigenvalue weighted by molar-refractivity contribution is 0.166. The van der Waals surface area contributed by atoms with Crippen LogP contribution in [0.2, 0.25) is 0 Å². The first kappa shape index (κ1) is 38.1. The number of nitriles is 1. The van der Waals surface area contributed by atoms with Crippen molar-refractivity contribution < 1.29 is 17.6 Å². The number of likely N-dealkylation sites (tertiary alicyclic amines) is 1. The minimum Gasteiger partial charge on any atom is -0.370 e. The summed E-state index contributed by atoms with van der Waals surface area (Å²) in [5.74, 6) is -4.89. The molecule has 3 aromatic carbocycles. The van der Waals surface area contributed by atoms with Crippen molar-refractivity contribution in [3.8, 4) is 6.07 Å². The zero-order chi connectivity index (χ0) is 37.6. The van der Waals surface area contributed by atoms with Gasteiger partial charge in [0.1, 0.15) is 11.1 Å². The number of benzene rings is 3. The molecule has 0 radical (unpaired) electrons. The smallest absolute Gasteiger partial charge is 0.165 e. The zero-order valence-corrected chi connectivity index (χ0v) is 31.2. The van der Waals surface area contributed by atoms with Crippen LogP contribution in [0.25, 0.3) is 16.5 Å². The monoisotopic (exact) mass is 738 g/mol. The Labute approximate surface area is 314 Å². The first-order chi connectivity index (χ1) is 25.5. The van der Waals surface area contributed by atoms with Crippen LogP contribution < -0.4 is 5.32 Å². The van der Waals surface area contributed by atoms with Crippen LogP contribution in [0, 0.1) is 40.5 Å². The Hall–Kier alpha value is -4.65. The standard InChI is InChI=1S/C44H46F4N4S/c1-28(29(2)17-18-37-42(47)39(45)24-40(46)43(37)48)10-7-11-32-12-9-21-51(26-32)22-19-30(3)52-23-20-36-38(25-49)44(53-41(36)27-52)50-31(4)34-16-8-14-33-13-5-6-15-35(33)34/h5-6,8,10,13-16,24,32,50H,2-4,7,9,11-12,17-23,26-27H2,1H3/b28-10+. The van der Waals surface area contributed by atoms with Crippen LogP contribution in [0.5, 0.6) is 0 Å². The van der Waals surface area contributed by atoms with Crippen LogP contribution in [0.15, 0.2) is 91.2 Å². The highest BCUT2D eigenvalue weighted by atomic mass is 32.1. The average molecular weight is 739 g/mol. The lowest BCUT2D eigenvalue weighted by Gasteiger charge is -2.35. The largest absolute Gasteiger partial charge is 0.370 e. The van der Waals surface area contributed by atoms with Crippen LogP contribution in [-0.4, -0.2) is 36.0 Å². The number of fused-ring (bicyclic) bond motifs is 2. The Kier molecular flexibility index (Phi) is 12.2. The molecule has 2 aliphatic rings. The predicted octanol–water partition coefficient (Wildman–Crippen LogP) is 11.3. The molecule has 1 atom stereocenters. The molecular weight excluding hydrogens is 693 g/mol. The Morgan fingerprint density at radius 2 is 1.77 bits per heavy atom. The van der Waals surface area contributed by atoms with Gasteiger partial charge in [-0.1, -0.05) is 79.4 Å². The molecule has 0 amide bonds. The highest BCUT2D eigenvalue weighted by molar-refractivity contribution is 7.16. The number of halogens is 4. The molecule has 2 aliphatic heterocycles. The van der Waals surface area contributed by atoms with Gasteiger partial charge >= 0.3 is 0 Å². The topological polar surface area (TPSA) is 42.3 Å². The summed E-state index contributed by atoms with van der Waals surface area (Å²) in [7, 11) is 0. The van der Waals surface area contributed by atoms with Crippen molar-refractivity contribution in [2.45, 2.75) is 64.8 Å².